The van der Waals surface area contributed by atoms with Gasteiger partial charge in [-0.25, -0.2) is 0 Å². The van der Waals surface area contributed by atoms with E-state index < -0.39 is 12.0 Å². The zero-order chi connectivity index (χ0) is 14.1. The Morgan fingerprint density at radius 3 is 2.56 bits per heavy atom. The van der Waals surface area contributed by atoms with Crippen LogP contribution in [0.1, 0.15) is 40.5 Å². The summed E-state index contributed by atoms with van der Waals surface area (Å²) in [6, 6.07) is -0.354. The third-order valence-corrected chi connectivity index (χ3v) is 3.75. The minimum Gasteiger partial charge on any atom is -0.481 e. The second-order valence-electron chi connectivity index (χ2n) is 5.78. The molecule has 0 aromatic rings. The molecule has 1 rings (SSSR count). The number of carbonyl (C=O) groups excluding carboxylic acids is 1. The normalized spacial score (nSPS) is 26.2. The molecule has 2 unspecified atom stereocenters. The summed E-state index contributed by atoms with van der Waals surface area (Å²) in [5, 5.41) is 9.01. The van der Waals surface area contributed by atoms with Gasteiger partial charge in [-0.2, -0.15) is 0 Å². The fraction of sp³-hybridized carbons (Fsp3) is 0.846. The van der Waals surface area contributed by atoms with Crippen LogP contribution in [-0.4, -0.2) is 58.0 Å². The van der Waals surface area contributed by atoms with Gasteiger partial charge in [0.05, 0.1) is 6.42 Å². The Balaban J connectivity index is 3.09. The standard InChI is InChI=1S/C13H24N2O3/c1-6-9(2)15-10(7-11(16)17)12(18)14(5)8-13(15,3)4/h9-10H,6-8H2,1-5H3,(H,16,17). The van der Waals surface area contributed by atoms with Crippen molar-refractivity contribution in [2.75, 3.05) is 13.6 Å². The number of carbonyl (C=O) groups is 2. The Hall–Kier alpha value is -1.10. The summed E-state index contributed by atoms with van der Waals surface area (Å²) in [5.74, 6) is -1.01. The van der Waals surface area contributed by atoms with Crippen molar-refractivity contribution in [2.24, 2.45) is 0 Å². The van der Waals surface area contributed by atoms with Crippen molar-refractivity contribution < 1.29 is 14.7 Å². The fourth-order valence-electron chi connectivity index (χ4n) is 2.99. The second-order valence-corrected chi connectivity index (χ2v) is 5.78. The lowest BCUT2D eigenvalue weighted by Gasteiger charge is -2.52. The Morgan fingerprint density at radius 2 is 2.11 bits per heavy atom. The molecule has 0 aromatic carbocycles. The van der Waals surface area contributed by atoms with Crippen LogP contribution < -0.4 is 0 Å². The van der Waals surface area contributed by atoms with Gasteiger partial charge >= 0.3 is 5.97 Å². The molecular weight excluding hydrogens is 232 g/mol. The third-order valence-electron chi connectivity index (χ3n) is 3.75. The number of hydrogen-bond acceptors (Lipinski definition) is 3. The Bertz CT molecular complexity index is 341. The number of amides is 1. The Kier molecular flexibility index (Phi) is 4.37. The summed E-state index contributed by atoms with van der Waals surface area (Å²) in [5.41, 5.74) is -0.196. The molecule has 0 saturated carbocycles. The average molecular weight is 256 g/mol. The van der Waals surface area contributed by atoms with Gasteiger partial charge in [0.15, 0.2) is 0 Å². The first-order valence-corrected chi connectivity index (χ1v) is 6.46. The largest absolute Gasteiger partial charge is 0.481 e. The summed E-state index contributed by atoms with van der Waals surface area (Å²) in [7, 11) is 1.74. The molecule has 0 spiro atoms. The van der Waals surface area contributed by atoms with Gasteiger partial charge in [-0.15, -0.1) is 0 Å². The molecule has 18 heavy (non-hydrogen) atoms. The zero-order valence-corrected chi connectivity index (χ0v) is 11.9. The van der Waals surface area contributed by atoms with Crippen molar-refractivity contribution in [1.82, 2.24) is 9.80 Å². The first-order chi connectivity index (χ1) is 8.20. The van der Waals surface area contributed by atoms with E-state index in [-0.39, 0.29) is 23.9 Å². The van der Waals surface area contributed by atoms with E-state index in [0.29, 0.717) is 6.54 Å². The summed E-state index contributed by atoms with van der Waals surface area (Å²) < 4.78 is 0. The van der Waals surface area contributed by atoms with Gasteiger partial charge < -0.3 is 10.0 Å². The van der Waals surface area contributed by atoms with Gasteiger partial charge in [0.2, 0.25) is 5.91 Å². The number of carboxylic acid groups (broad SMARTS) is 1. The van der Waals surface area contributed by atoms with E-state index in [1.54, 1.807) is 11.9 Å². The molecule has 1 aliphatic rings. The molecule has 104 valence electrons. The van der Waals surface area contributed by atoms with Gasteiger partial charge in [0, 0.05) is 25.2 Å². The highest BCUT2D eigenvalue weighted by Gasteiger charge is 2.46. The van der Waals surface area contributed by atoms with Crippen molar-refractivity contribution in [3.05, 3.63) is 0 Å². The van der Waals surface area contributed by atoms with Crippen LogP contribution in [0.15, 0.2) is 0 Å². The van der Waals surface area contributed by atoms with Crippen molar-refractivity contribution in [2.45, 2.75) is 58.2 Å². The van der Waals surface area contributed by atoms with Crippen molar-refractivity contribution in [3.8, 4) is 0 Å². The smallest absolute Gasteiger partial charge is 0.305 e. The highest BCUT2D eigenvalue weighted by molar-refractivity contribution is 5.87. The van der Waals surface area contributed by atoms with E-state index in [0.717, 1.165) is 6.42 Å². The Labute approximate surface area is 109 Å². The van der Waals surface area contributed by atoms with Crippen LogP contribution in [0.5, 0.6) is 0 Å². The molecule has 1 N–H and O–H groups in total. The van der Waals surface area contributed by atoms with Crippen LogP contribution in [0, 0.1) is 0 Å². The van der Waals surface area contributed by atoms with Crippen LogP contribution >= 0.6 is 0 Å². The molecular formula is C13H24N2O3. The summed E-state index contributed by atoms with van der Waals surface area (Å²) in [6.45, 7) is 8.87. The van der Waals surface area contributed by atoms with Crippen LogP contribution in [0.4, 0.5) is 0 Å². The van der Waals surface area contributed by atoms with Gasteiger partial charge in [-0.05, 0) is 27.2 Å². The van der Waals surface area contributed by atoms with Crippen LogP contribution in [0.3, 0.4) is 0 Å². The minimum absolute atomic E-state index is 0.0861. The van der Waals surface area contributed by atoms with Gasteiger partial charge in [-0.3, -0.25) is 14.5 Å². The summed E-state index contributed by atoms with van der Waals surface area (Å²) in [6.07, 6.45) is 0.771. The highest BCUT2D eigenvalue weighted by Crippen LogP contribution is 2.30. The zero-order valence-electron chi connectivity index (χ0n) is 11.9. The van der Waals surface area contributed by atoms with Gasteiger partial charge in [-0.1, -0.05) is 6.92 Å². The monoisotopic (exact) mass is 256 g/mol. The maximum atomic E-state index is 12.2. The molecule has 1 aliphatic heterocycles. The van der Waals surface area contributed by atoms with Gasteiger partial charge in [0.1, 0.15) is 6.04 Å². The molecule has 0 radical (unpaired) electrons. The van der Waals surface area contributed by atoms with E-state index in [4.69, 9.17) is 5.11 Å². The summed E-state index contributed by atoms with van der Waals surface area (Å²) in [4.78, 5) is 26.9. The SMILES string of the molecule is CCC(C)N1C(CC(=O)O)C(=O)N(C)CC1(C)C. The molecule has 1 heterocycles. The molecule has 1 saturated heterocycles. The second kappa shape index (κ2) is 5.26. The van der Waals surface area contributed by atoms with E-state index in [9.17, 15) is 9.59 Å². The maximum absolute atomic E-state index is 12.2. The lowest BCUT2D eigenvalue weighted by molar-refractivity contribution is -0.157. The lowest BCUT2D eigenvalue weighted by Crippen LogP contribution is -2.68. The molecule has 2 atom stereocenters. The van der Waals surface area contributed by atoms with E-state index in [2.05, 4.69) is 32.6 Å². The van der Waals surface area contributed by atoms with E-state index in [1.807, 2.05) is 0 Å². The quantitative estimate of drug-likeness (QED) is 0.820. The molecule has 5 nitrogen and oxygen atoms in total. The molecule has 1 amide bonds. The number of rotatable bonds is 4. The fourth-order valence-corrected chi connectivity index (χ4v) is 2.99. The number of piperazine rings is 1. The van der Waals surface area contributed by atoms with Crippen LogP contribution in [0.2, 0.25) is 0 Å². The molecule has 0 aliphatic carbocycles. The minimum atomic E-state index is -0.923. The predicted octanol–water partition coefficient (Wildman–Crippen LogP) is 1.18. The summed E-state index contributed by atoms with van der Waals surface area (Å²) >= 11 is 0. The van der Waals surface area contributed by atoms with Crippen molar-refractivity contribution in [3.63, 3.8) is 0 Å². The van der Waals surface area contributed by atoms with Crippen LogP contribution in [0.25, 0.3) is 0 Å². The first kappa shape index (κ1) is 15.0. The predicted molar refractivity (Wildman–Crippen MR) is 69.3 cm³/mol. The molecule has 0 aromatic heterocycles. The number of carboxylic acids is 1. The third kappa shape index (κ3) is 2.83. The number of aliphatic carboxylic acids is 1. The number of likely N-dealkylation sites (N-methyl/N-ethyl adjacent to an activating group) is 1. The maximum Gasteiger partial charge on any atom is 0.305 e. The van der Waals surface area contributed by atoms with E-state index in [1.165, 1.54) is 0 Å². The van der Waals surface area contributed by atoms with Crippen LogP contribution in [-0.2, 0) is 9.59 Å². The number of hydrogen-bond donors (Lipinski definition) is 1. The number of nitrogens with zero attached hydrogens (tertiary/aromatic N) is 2. The average Bonchev–Trinajstić information content (AvgIpc) is 2.23. The molecule has 1 fully saturated rings. The Morgan fingerprint density at radius 1 is 1.56 bits per heavy atom. The molecule has 5 heteroatoms. The lowest BCUT2D eigenvalue weighted by atomic mass is 9.90. The van der Waals surface area contributed by atoms with Crippen molar-refractivity contribution in [1.29, 1.82) is 0 Å². The topological polar surface area (TPSA) is 60.9 Å². The van der Waals surface area contributed by atoms with E-state index >= 15 is 0 Å². The highest BCUT2D eigenvalue weighted by atomic mass is 16.4. The molecule has 0 bridgehead atoms. The van der Waals surface area contributed by atoms with Gasteiger partial charge in [0.25, 0.3) is 0 Å². The first-order valence-electron chi connectivity index (χ1n) is 6.46. The van der Waals surface area contributed by atoms with Crippen molar-refractivity contribution >= 4 is 11.9 Å².